The Balaban J connectivity index is 1.55. The lowest BCUT2D eigenvalue weighted by molar-refractivity contribution is -0.143. The number of nitrogens with one attached hydrogen (secondary N) is 2. The van der Waals surface area contributed by atoms with Crippen molar-refractivity contribution in [3.63, 3.8) is 0 Å². The van der Waals surface area contributed by atoms with E-state index in [0.717, 1.165) is 13.0 Å². The first-order valence-electron chi connectivity index (χ1n) is 7.19. The van der Waals surface area contributed by atoms with E-state index in [2.05, 4.69) is 20.7 Å². The summed E-state index contributed by atoms with van der Waals surface area (Å²) < 4.78 is 38.6. The fourth-order valence-electron chi connectivity index (χ4n) is 2.75. The summed E-state index contributed by atoms with van der Waals surface area (Å²) >= 11 is 0. The van der Waals surface area contributed by atoms with Gasteiger partial charge >= 0.3 is 6.18 Å². The van der Waals surface area contributed by atoms with E-state index in [1.54, 1.807) is 4.68 Å². The molecule has 22 heavy (non-hydrogen) atoms. The molecule has 1 aromatic rings. The maximum Gasteiger partial charge on any atom is 0.401 e. The second-order valence-corrected chi connectivity index (χ2v) is 5.57. The Hall–Kier alpha value is -1.84. The van der Waals surface area contributed by atoms with Crippen LogP contribution >= 0.6 is 0 Å². The molecule has 0 radical (unpaired) electrons. The molecule has 2 aliphatic rings. The third kappa shape index (κ3) is 3.49. The first-order valence-corrected chi connectivity index (χ1v) is 7.19. The summed E-state index contributed by atoms with van der Waals surface area (Å²) in [6, 6.07) is -0.302. The Labute approximate surface area is 124 Å². The number of aryl methyl sites for hydroxylation is 1. The number of carbonyl (C=O) groups is 1. The minimum atomic E-state index is -4.21. The van der Waals surface area contributed by atoms with Crippen LogP contribution in [0.1, 0.15) is 23.5 Å². The zero-order chi connectivity index (χ0) is 15.7. The predicted octanol–water partition coefficient (Wildman–Crippen LogP) is 0.460. The number of aromatic nitrogens is 3. The Bertz CT molecular complexity index is 534. The minimum absolute atomic E-state index is 0.0543. The van der Waals surface area contributed by atoms with Crippen molar-refractivity contribution in [3.8, 4) is 0 Å². The molecular weight excluding hydrogens is 301 g/mol. The van der Waals surface area contributed by atoms with Gasteiger partial charge in [0, 0.05) is 32.2 Å². The first kappa shape index (κ1) is 15.1. The second kappa shape index (κ2) is 5.75. The molecule has 2 N–H and O–H groups in total. The standard InChI is InChI=1S/C12H17F3N6O/c13-12(14,15)7-20-5-2-8(6-20)17-10(22)9-18-11-16-3-1-4-21(11)19-9/h8H,1-7H2,(H,17,22)(H,16,18,19). The van der Waals surface area contributed by atoms with Crippen molar-refractivity contribution >= 4 is 11.9 Å². The lowest BCUT2D eigenvalue weighted by atomic mass is 10.2. The van der Waals surface area contributed by atoms with Gasteiger partial charge < -0.3 is 10.6 Å². The van der Waals surface area contributed by atoms with E-state index in [0.29, 0.717) is 25.5 Å². The van der Waals surface area contributed by atoms with Crippen LogP contribution in [0.2, 0.25) is 0 Å². The number of anilines is 1. The molecule has 0 saturated carbocycles. The van der Waals surface area contributed by atoms with E-state index in [4.69, 9.17) is 0 Å². The van der Waals surface area contributed by atoms with Gasteiger partial charge in [0.25, 0.3) is 5.91 Å². The molecule has 2 aliphatic heterocycles. The average Bonchev–Trinajstić information content (AvgIpc) is 3.03. The van der Waals surface area contributed by atoms with Crippen LogP contribution in [0.3, 0.4) is 0 Å². The van der Waals surface area contributed by atoms with Gasteiger partial charge in [0.05, 0.1) is 6.54 Å². The molecule has 0 spiro atoms. The van der Waals surface area contributed by atoms with Crippen LogP contribution < -0.4 is 10.6 Å². The minimum Gasteiger partial charge on any atom is -0.354 e. The van der Waals surface area contributed by atoms with Crippen molar-refractivity contribution in [2.45, 2.75) is 31.6 Å². The van der Waals surface area contributed by atoms with Crippen molar-refractivity contribution in [2.75, 3.05) is 31.5 Å². The number of nitrogens with zero attached hydrogens (tertiary/aromatic N) is 4. The van der Waals surface area contributed by atoms with Crippen LogP contribution in [0.15, 0.2) is 0 Å². The monoisotopic (exact) mass is 318 g/mol. The Morgan fingerprint density at radius 1 is 1.41 bits per heavy atom. The van der Waals surface area contributed by atoms with E-state index >= 15 is 0 Å². The highest BCUT2D eigenvalue weighted by molar-refractivity contribution is 5.90. The third-order valence-corrected chi connectivity index (χ3v) is 3.72. The number of halogens is 3. The molecule has 1 atom stereocenters. The number of alkyl halides is 3. The Kier molecular flexibility index (Phi) is 3.94. The van der Waals surface area contributed by atoms with Crippen molar-refractivity contribution in [3.05, 3.63) is 5.82 Å². The third-order valence-electron chi connectivity index (χ3n) is 3.72. The highest BCUT2D eigenvalue weighted by Gasteiger charge is 2.35. The molecule has 1 unspecified atom stereocenters. The number of carbonyl (C=O) groups excluding carboxylic acids is 1. The zero-order valence-electron chi connectivity index (χ0n) is 11.9. The van der Waals surface area contributed by atoms with E-state index in [-0.39, 0.29) is 18.4 Å². The normalized spacial score (nSPS) is 22.2. The van der Waals surface area contributed by atoms with Crippen LogP contribution in [0.25, 0.3) is 0 Å². The summed E-state index contributed by atoms with van der Waals surface area (Å²) in [4.78, 5) is 17.5. The van der Waals surface area contributed by atoms with Gasteiger partial charge in [-0.3, -0.25) is 9.69 Å². The highest BCUT2D eigenvalue weighted by atomic mass is 19.4. The van der Waals surface area contributed by atoms with Crippen LogP contribution in [0.5, 0.6) is 0 Å². The summed E-state index contributed by atoms with van der Waals surface area (Å²) in [5.41, 5.74) is 0. The lowest BCUT2D eigenvalue weighted by Crippen LogP contribution is -2.39. The molecule has 3 heterocycles. The zero-order valence-corrected chi connectivity index (χ0v) is 11.9. The van der Waals surface area contributed by atoms with Gasteiger partial charge in [-0.1, -0.05) is 0 Å². The Morgan fingerprint density at radius 3 is 2.95 bits per heavy atom. The van der Waals surface area contributed by atoms with Gasteiger partial charge in [-0.2, -0.15) is 18.2 Å². The topological polar surface area (TPSA) is 75.1 Å². The summed E-state index contributed by atoms with van der Waals surface area (Å²) in [6.07, 6.45) is -2.81. The van der Waals surface area contributed by atoms with Crippen molar-refractivity contribution < 1.29 is 18.0 Å². The summed E-state index contributed by atoms with van der Waals surface area (Å²) in [6.45, 7) is 1.05. The molecule has 7 nitrogen and oxygen atoms in total. The molecule has 1 fully saturated rings. The van der Waals surface area contributed by atoms with Gasteiger partial charge in [0.15, 0.2) is 0 Å². The van der Waals surface area contributed by atoms with Gasteiger partial charge in [-0.05, 0) is 12.8 Å². The SMILES string of the molecule is O=C(NC1CCN(CC(F)(F)F)C1)c1nc2n(n1)CCCN2. The fourth-order valence-corrected chi connectivity index (χ4v) is 2.75. The molecule has 1 amide bonds. The lowest BCUT2D eigenvalue weighted by Gasteiger charge is -2.17. The van der Waals surface area contributed by atoms with Crippen molar-refractivity contribution in [1.29, 1.82) is 0 Å². The average molecular weight is 318 g/mol. The van der Waals surface area contributed by atoms with Crippen LogP contribution in [0, 0.1) is 0 Å². The highest BCUT2D eigenvalue weighted by Crippen LogP contribution is 2.20. The Morgan fingerprint density at radius 2 is 2.23 bits per heavy atom. The maximum atomic E-state index is 12.3. The van der Waals surface area contributed by atoms with Gasteiger partial charge in [-0.25, -0.2) is 4.68 Å². The second-order valence-electron chi connectivity index (χ2n) is 5.57. The molecule has 10 heteroatoms. The molecular formula is C12H17F3N6O. The smallest absolute Gasteiger partial charge is 0.354 e. The summed E-state index contributed by atoms with van der Waals surface area (Å²) in [5.74, 6) is 0.169. The largest absolute Gasteiger partial charge is 0.401 e. The van der Waals surface area contributed by atoms with E-state index in [1.807, 2.05) is 0 Å². The van der Waals surface area contributed by atoms with E-state index in [1.165, 1.54) is 4.90 Å². The molecule has 3 rings (SSSR count). The van der Waals surface area contributed by atoms with Crippen LogP contribution in [-0.2, 0) is 6.54 Å². The first-order chi connectivity index (χ1) is 10.4. The van der Waals surface area contributed by atoms with Gasteiger partial charge in [0.1, 0.15) is 0 Å². The quantitative estimate of drug-likeness (QED) is 0.847. The van der Waals surface area contributed by atoms with Crippen LogP contribution in [-0.4, -0.2) is 64.0 Å². The van der Waals surface area contributed by atoms with Crippen molar-refractivity contribution in [2.24, 2.45) is 0 Å². The molecule has 0 aromatic carbocycles. The molecule has 1 aromatic heterocycles. The van der Waals surface area contributed by atoms with Gasteiger partial charge in [0.2, 0.25) is 11.8 Å². The number of rotatable bonds is 3. The maximum absolute atomic E-state index is 12.3. The number of hydrogen-bond acceptors (Lipinski definition) is 5. The number of amides is 1. The molecule has 122 valence electrons. The van der Waals surface area contributed by atoms with Crippen molar-refractivity contribution in [1.82, 2.24) is 25.0 Å². The molecule has 1 saturated heterocycles. The molecule has 0 bridgehead atoms. The summed E-state index contributed by atoms with van der Waals surface area (Å²) in [5, 5.41) is 9.86. The number of likely N-dealkylation sites (tertiary alicyclic amines) is 1. The predicted molar refractivity (Wildman–Crippen MR) is 71.5 cm³/mol. The molecule has 0 aliphatic carbocycles. The van der Waals surface area contributed by atoms with E-state index < -0.39 is 18.6 Å². The number of fused-ring (bicyclic) bond motifs is 1. The number of hydrogen-bond donors (Lipinski definition) is 2. The fraction of sp³-hybridized carbons (Fsp3) is 0.750. The van der Waals surface area contributed by atoms with Gasteiger partial charge in [-0.15, -0.1) is 5.10 Å². The van der Waals surface area contributed by atoms with Crippen LogP contribution in [0.4, 0.5) is 19.1 Å². The van der Waals surface area contributed by atoms with E-state index in [9.17, 15) is 18.0 Å². The summed E-state index contributed by atoms with van der Waals surface area (Å²) in [7, 11) is 0.